The van der Waals surface area contributed by atoms with Gasteiger partial charge in [-0.05, 0) is 37.4 Å². The molecule has 19 heavy (non-hydrogen) atoms. The highest BCUT2D eigenvalue weighted by Gasteiger charge is 2.30. The third-order valence-corrected chi connectivity index (χ3v) is 6.18. The Kier molecular flexibility index (Phi) is 4.50. The molecule has 2 saturated carbocycles. The predicted molar refractivity (Wildman–Crippen MR) is 85.0 cm³/mol. The SMILES string of the molecule is CC(C)CSCc1nc(C2CC2)c(CNC2CC2)s1. The molecule has 4 heteroatoms. The van der Waals surface area contributed by atoms with Crippen LogP contribution >= 0.6 is 23.1 Å². The van der Waals surface area contributed by atoms with Crippen LogP contribution in [0.4, 0.5) is 0 Å². The Morgan fingerprint density at radius 3 is 2.74 bits per heavy atom. The highest BCUT2D eigenvalue weighted by atomic mass is 32.2. The Labute approximate surface area is 124 Å². The fraction of sp³-hybridized carbons (Fsp3) is 0.800. The van der Waals surface area contributed by atoms with E-state index in [2.05, 4.69) is 19.2 Å². The summed E-state index contributed by atoms with van der Waals surface area (Å²) in [6.07, 6.45) is 5.46. The molecule has 0 radical (unpaired) electrons. The van der Waals surface area contributed by atoms with Crippen molar-refractivity contribution in [2.45, 2.75) is 63.8 Å². The maximum atomic E-state index is 4.93. The summed E-state index contributed by atoms with van der Waals surface area (Å²) in [6, 6.07) is 0.799. The number of thiazole rings is 1. The van der Waals surface area contributed by atoms with Crippen LogP contribution in [0.3, 0.4) is 0 Å². The van der Waals surface area contributed by atoms with E-state index in [9.17, 15) is 0 Å². The van der Waals surface area contributed by atoms with Gasteiger partial charge >= 0.3 is 0 Å². The van der Waals surface area contributed by atoms with Crippen molar-refractivity contribution in [3.63, 3.8) is 0 Å². The summed E-state index contributed by atoms with van der Waals surface area (Å²) in [6.45, 7) is 5.63. The molecule has 1 aromatic heterocycles. The molecule has 0 spiro atoms. The van der Waals surface area contributed by atoms with Crippen molar-refractivity contribution in [1.29, 1.82) is 0 Å². The third-order valence-electron chi connectivity index (χ3n) is 3.54. The average molecular weight is 297 g/mol. The van der Waals surface area contributed by atoms with Gasteiger partial charge < -0.3 is 5.32 Å². The van der Waals surface area contributed by atoms with E-state index >= 15 is 0 Å². The van der Waals surface area contributed by atoms with Gasteiger partial charge in [-0.3, -0.25) is 0 Å². The van der Waals surface area contributed by atoms with Gasteiger partial charge in [-0.25, -0.2) is 4.98 Å². The van der Waals surface area contributed by atoms with E-state index in [-0.39, 0.29) is 0 Å². The topological polar surface area (TPSA) is 24.9 Å². The van der Waals surface area contributed by atoms with Crippen molar-refractivity contribution in [3.8, 4) is 0 Å². The minimum atomic E-state index is 0.781. The Morgan fingerprint density at radius 2 is 2.11 bits per heavy atom. The van der Waals surface area contributed by atoms with Gasteiger partial charge in [-0.15, -0.1) is 11.3 Å². The molecule has 0 amide bonds. The lowest BCUT2D eigenvalue weighted by Crippen LogP contribution is -2.15. The number of rotatable bonds is 8. The van der Waals surface area contributed by atoms with Crippen molar-refractivity contribution >= 4 is 23.1 Å². The van der Waals surface area contributed by atoms with Crippen LogP contribution in [0, 0.1) is 5.92 Å². The van der Waals surface area contributed by atoms with E-state index in [1.165, 1.54) is 47.0 Å². The van der Waals surface area contributed by atoms with Crippen LogP contribution in [0.15, 0.2) is 0 Å². The van der Waals surface area contributed by atoms with E-state index in [1.807, 2.05) is 23.1 Å². The number of nitrogens with one attached hydrogen (secondary N) is 1. The highest BCUT2D eigenvalue weighted by Crippen LogP contribution is 2.43. The fourth-order valence-corrected chi connectivity index (χ4v) is 4.40. The lowest BCUT2D eigenvalue weighted by molar-refractivity contribution is 0.688. The average Bonchev–Trinajstić information content (AvgIpc) is 3.26. The lowest BCUT2D eigenvalue weighted by Gasteiger charge is -2.01. The number of hydrogen-bond donors (Lipinski definition) is 1. The van der Waals surface area contributed by atoms with E-state index in [4.69, 9.17) is 4.98 Å². The Balaban J connectivity index is 1.58. The Bertz CT molecular complexity index is 420. The summed E-state index contributed by atoms with van der Waals surface area (Å²) in [7, 11) is 0. The molecular formula is C15H24N2S2. The fourth-order valence-electron chi connectivity index (χ4n) is 2.18. The van der Waals surface area contributed by atoms with Crippen LogP contribution in [-0.2, 0) is 12.3 Å². The molecular weight excluding hydrogens is 272 g/mol. The van der Waals surface area contributed by atoms with Gasteiger partial charge in [0.05, 0.1) is 5.69 Å². The molecule has 1 N–H and O–H groups in total. The second-order valence-electron chi connectivity index (χ2n) is 6.25. The van der Waals surface area contributed by atoms with Crippen LogP contribution in [0.1, 0.15) is 61.0 Å². The Morgan fingerprint density at radius 1 is 1.32 bits per heavy atom. The number of aromatic nitrogens is 1. The minimum absolute atomic E-state index is 0.781. The molecule has 106 valence electrons. The van der Waals surface area contributed by atoms with Crippen LogP contribution < -0.4 is 5.32 Å². The van der Waals surface area contributed by atoms with Crippen LogP contribution in [0.2, 0.25) is 0 Å². The van der Waals surface area contributed by atoms with Gasteiger partial charge in [-0.2, -0.15) is 11.8 Å². The van der Waals surface area contributed by atoms with Crippen molar-refractivity contribution in [1.82, 2.24) is 10.3 Å². The molecule has 2 fully saturated rings. The first-order valence-corrected chi connectivity index (χ1v) is 9.49. The van der Waals surface area contributed by atoms with Crippen molar-refractivity contribution in [2.24, 2.45) is 5.92 Å². The first-order chi connectivity index (χ1) is 9.22. The zero-order valence-electron chi connectivity index (χ0n) is 11.9. The van der Waals surface area contributed by atoms with Gasteiger partial charge in [0.15, 0.2) is 0 Å². The van der Waals surface area contributed by atoms with E-state index in [0.29, 0.717) is 0 Å². The summed E-state index contributed by atoms with van der Waals surface area (Å²) in [4.78, 5) is 6.45. The normalized spacial score (nSPS) is 19.3. The predicted octanol–water partition coefficient (Wildman–Crippen LogP) is 4.16. The van der Waals surface area contributed by atoms with Crippen LogP contribution in [0.5, 0.6) is 0 Å². The quantitative estimate of drug-likeness (QED) is 0.779. The molecule has 1 aromatic rings. The molecule has 0 unspecified atom stereocenters. The standard InChI is InChI=1S/C15H24N2S2/c1-10(2)8-18-9-14-17-15(11-3-4-11)13(19-14)7-16-12-5-6-12/h10-12,16H,3-9H2,1-2H3. The molecule has 0 atom stereocenters. The van der Waals surface area contributed by atoms with Crippen LogP contribution in [0.25, 0.3) is 0 Å². The zero-order chi connectivity index (χ0) is 13.2. The number of hydrogen-bond acceptors (Lipinski definition) is 4. The number of nitrogens with zero attached hydrogens (tertiary/aromatic N) is 1. The van der Waals surface area contributed by atoms with E-state index in [0.717, 1.165) is 30.2 Å². The largest absolute Gasteiger partial charge is 0.309 e. The molecule has 0 bridgehead atoms. The molecule has 0 saturated heterocycles. The monoisotopic (exact) mass is 296 g/mol. The molecule has 0 aliphatic heterocycles. The van der Waals surface area contributed by atoms with E-state index in [1.54, 1.807) is 0 Å². The molecule has 0 aromatic carbocycles. The third kappa shape index (κ3) is 4.20. The maximum Gasteiger partial charge on any atom is 0.103 e. The van der Waals surface area contributed by atoms with Gasteiger partial charge in [0.1, 0.15) is 5.01 Å². The molecule has 2 aliphatic rings. The lowest BCUT2D eigenvalue weighted by atomic mass is 10.2. The summed E-state index contributed by atoms with van der Waals surface area (Å²) in [5.41, 5.74) is 1.43. The van der Waals surface area contributed by atoms with Crippen molar-refractivity contribution < 1.29 is 0 Å². The van der Waals surface area contributed by atoms with Gasteiger partial charge in [0.2, 0.25) is 0 Å². The van der Waals surface area contributed by atoms with E-state index < -0.39 is 0 Å². The van der Waals surface area contributed by atoms with Gasteiger partial charge in [0.25, 0.3) is 0 Å². The second kappa shape index (κ2) is 6.15. The van der Waals surface area contributed by atoms with Gasteiger partial charge in [0, 0.05) is 29.1 Å². The second-order valence-corrected chi connectivity index (χ2v) is 8.45. The number of thioether (sulfide) groups is 1. The smallest absolute Gasteiger partial charge is 0.103 e. The van der Waals surface area contributed by atoms with Gasteiger partial charge in [-0.1, -0.05) is 13.8 Å². The summed E-state index contributed by atoms with van der Waals surface area (Å²) < 4.78 is 0. The first-order valence-electron chi connectivity index (χ1n) is 7.52. The molecule has 2 nitrogen and oxygen atoms in total. The maximum absolute atomic E-state index is 4.93. The molecule has 1 heterocycles. The van der Waals surface area contributed by atoms with Crippen molar-refractivity contribution in [3.05, 3.63) is 15.6 Å². The Hall–Kier alpha value is -0.0600. The summed E-state index contributed by atoms with van der Waals surface area (Å²) in [5.74, 6) is 3.92. The minimum Gasteiger partial charge on any atom is -0.309 e. The summed E-state index contributed by atoms with van der Waals surface area (Å²) in [5, 5.41) is 4.99. The zero-order valence-corrected chi connectivity index (χ0v) is 13.6. The summed E-state index contributed by atoms with van der Waals surface area (Å²) >= 11 is 3.99. The molecule has 3 rings (SSSR count). The highest BCUT2D eigenvalue weighted by molar-refractivity contribution is 7.98. The first kappa shape index (κ1) is 13.9. The van der Waals surface area contributed by atoms with Crippen LogP contribution in [-0.4, -0.2) is 16.8 Å². The van der Waals surface area contributed by atoms with Crippen molar-refractivity contribution in [2.75, 3.05) is 5.75 Å². The molecule has 2 aliphatic carbocycles.